The first kappa shape index (κ1) is 12.6. The predicted octanol–water partition coefficient (Wildman–Crippen LogP) is -0.0817. The summed E-state index contributed by atoms with van der Waals surface area (Å²) in [7, 11) is 0. The number of aliphatic hydroxyl groups is 1. The molecule has 1 saturated heterocycles. The van der Waals surface area contributed by atoms with E-state index in [1.165, 1.54) is 12.7 Å². The monoisotopic (exact) mass is 283 g/mol. The van der Waals surface area contributed by atoms with Crippen molar-refractivity contribution in [3.63, 3.8) is 0 Å². The summed E-state index contributed by atoms with van der Waals surface area (Å²) in [4.78, 5) is 12.1. The van der Waals surface area contributed by atoms with Crippen LogP contribution in [-0.2, 0) is 8.92 Å². The van der Waals surface area contributed by atoms with E-state index in [1.54, 1.807) is 4.57 Å². The zero-order chi connectivity index (χ0) is 13.4. The van der Waals surface area contributed by atoms with Gasteiger partial charge in [0.1, 0.15) is 17.9 Å². The molecule has 1 fully saturated rings. The van der Waals surface area contributed by atoms with Gasteiger partial charge in [-0.05, 0) is 12.9 Å². The third-order valence-electron chi connectivity index (χ3n) is 3.09. The van der Waals surface area contributed by atoms with E-state index in [4.69, 9.17) is 14.7 Å². The van der Waals surface area contributed by atoms with Gasteiger partial charge in [0.25, 0.3) is 0 Å². The van der Waals surface area contributed by atoms with Crippen molar-refractivity contribution in [1.29, 1.82) is 0 Å². The van der Waals surface area contributed by atoms with Crippen molar-refractivity contribution in [2.75, 3.05) is 12.3 Å². The Bertz CT molecular complexity index is 592. The molecule has 8 nitrogen and oxygen atoms in total. The van der Waals surface area contributed by atoms with Crippen LogP contribution in [0.2, 0.25) is 0 Å². The molecule has 3 rings (SSSR count). The summed E-state index contributed by atoms with van der Waals surface area (Å²) in [5.74, 6) is 0.298. The molecule has 0 radical (unpaired) electrons. The number of hydrogen-bond donors (Lipinski definition) is 3. The first-order chi connectivity index (χ1) is 9.20. The van der Waals surface area contributed by atoms with E-state index in [-0.39, 0.29) is 6.10 Å². The molecule has 0 unspecified atom stereocenters. The Morgan fingerprint density at radius 1 is 1.53 bits per heavy atom. The van der Waals surface area contributed by atoms with E-state index in [1.807, 2.05) is 0 Å². The maximum Gasteiger partial charge on any atom is 0.167 e. The number of nitrogen functional groups attached to an aromatic ring is 1. The zero-order valence-corrected chi connectivity index (χ0v) is 10.8. The third kappa shape index (κ3) is 2.14. The second-order valence-electron chi connectivity index (χ2n) is 4.33. The number of nitrogens with two attached hydrogens (primary N) is 1. The molecule has 102 valence electrons. The number of thiol groups is 1. The fourth-order valence-corrected chi connectivity index (χ4v) is 2.39. The number of rotatable bonds is 3. The molecule has 9 heteroatoms. The average Bonchev–Trinajstić information content (AvgIpc) is 2.94. The quantitative estimate of drug-likeness (QED) is 0.534. The minimum atomic E-state index is -0.665. The Hall–Kier alpha value is -1.42. The molecule has 3 heterocycles. The molecule has 0 aliphatic carbocycles. The van der Waals surface area contributed by atoms with Crippen molar-refractivity contribution < 1.29 is 14.0 Å². The highest BCUT2D eigenvalue weighted by Crippen LogP contribution is 2.31. The van der Waals surface area contributed by atoms with Crippen molar-refractivity contribution in [2.45, 2.75) is 24.9 Å². The van der Waals surface area contributed by atoms with Crippen LogP contribution in [-0.4, -0.2) is 43.4 Å². The number of nitrogens with zero attached hydrogens (tertiary/aromatic N) is 4. The molecule has 0 saturated carbocycles. The van der Waals surface area contributed by atoms with Gasteiger partial charge in [-0.3, -0.25) is 4.57 Å². The number of anilines is 1. The molecule has 3 atom stereocenters. The molecule has 2 aromatic rings. The molecule has 0 bridgehead atoms. The molecule has 1 aliphatic rings. The van der Waals surface area contributed by atoms with Crippen LogP contribution in [0.25, 0.3) is 11.2 Å². The van der Waals surface area contributed by atoms with Gasteiger partial charge in [0, 0.05) is 6.42 Å². The van der Waals surface area contributed by atoms with Gasteiger partial charge >= 0.3 is 0 Å². The van der Waals surface area contributed by atoms with Crippen LogP contribution in [0.5, 0.6) is 0 Å². The van der Waals surface area contributed by atoms with Crippen LogP contribution in [0.15, 0.2) is 12.7 Å². The first-order valence-corrected chi connectivity index (χ1v) is 6.10. The average molecular weight is 283 g/mol. The highest BCUT2D eigenvalue weighted by molar-refractivity contribution is 7.75. The molecule has 19 heavy (non-hydrogen) atoms. The van der Waals surface area contributed by atoms with Crippen molar-refractivity contribution in [2.24, 2.45) is 0 Å². The minimum Gasteiger partial charge on any atom is -0.388 e. The fraction of sp³-hybridized carbons (Fsp3) is 0.500. The molecule has 0 amide bonds. The largest absolute Gasteiger partial charge is 0.388 e. The van der Waals surface area contributed by atoms with Gasteiger partial charge in [0.15, 0.2) is 17.7 Å². The summed E-state index contributed by atoms with van der Waals surface area (Å²) in [5.41, 5.74) is 6.74. The normalized spacial score (nSPS) is 27.2. The molecule has 1 aliphatic heterocycles. The lowest BCUT2D eigenvalue weighted by Crippen LogP contribution is -2.19. The second-order valence-corrected chi connectivity index (χ2v) is 4.59. The van der Waals surface area contributed by atoms with Gasteiger partial charge in [-0.2, -0.15) is 0 Å². The molecule has 0 spiro atoms. The number of fused-ring (bicyclic) bond motifs is 1. The summed E-state index contributed by atoms with van der Waals surface area (Å²) < 4.78 is 12.1. The van der Waals surface area contributed by atoms with Gasteiger partial charge in [-0.15, -0.1) is 0 Å². The van der Waals surface area contributed by atoms with Gasteiger partial charge in [0.2, 0.25) is 0 Å². The SMILES string of the molecule is Nc1ncnc2c1ncn2[C@@H]1O[C@H](COS)C[C@@H]1O. The first-order valence-electron chi connectivity index (χ1n) is 5.73. The Kier molecular flexibility index (Phi) is 3.27. The molecule has 0 aromatic carbocycles. The summed E-state index contributed by atoms with van der Waals surface area (Å²) in [6.07, 6.45) is 1.91. The van der Waals surface area contributed by atoms with Gasteiger partial charge in [-0.1, -0.05) is 0 Å². The number of ether oxygens (including phenoxy) is 1. The van der Waals surface area contributed by atoms with E-state index >= 15 is 0 Å². The predicted molar refractivity (Wildman–Crippen MR) is 69.2 cm³/mol. The van der Waals surface area contributed by atoms with E-state index in [0.717, 1.165) is 0 Å². The number of hydrogen-bond acceptors (Lipinski definition) is 8. The molecule has 2 aromatic heterocycles. The second kappa shape index (κ2) is 4.93. The number of imidazole rings is 1. The van der Waals surface area contributed by atoms with Crippen LogP contribution >= 0.6 is 12.9 Å². The number of aliphatic hydroxyl groups excluding tert-OH is 1. The Balaban J connectivity index is 1.94. The van der Waals surface area contributed by atoms with Gasteiger partial charge in [0.05, 0.1) is 19.0 Å². The summed E-state index contributed by atoms with van der Waals surface area (Å²) in [5, 5.41) is 10.1. The van der Waals surface area contributed by atoms with E-state index in [9.17, 15) is 5.11 Å². The lowest BCUT2D eigenvalue weighted by atomic mass is 10.2. The Morgan fingerprint density at radius 3 is 3.16 bits per heavy atom. The maximum absolute atomic E-state index is 10.1. The fourth-order valence-electron chi connectivity index (χ4n) is 2.23. The van der Waals surface area contributed by atoms with Crippen LogP contribution in [0.3, 0.4) is 0 Å². The zero-order valence-electron chi connectivity index (χ0n) is 9.88. The highest BCUT2D eigenvalue weighted by atomic mass is 32.1. The van der Waals surface area contributed by atoms with Crippen LogP contribution in [0, 0.1) is 0 Å². The van der Waals surface area contributed by atoms with Gasteiger partial charge < -0.3 is 19.8 Å². The summed E-state index contributed by atoms with van der Waals surface area (Å²) in [6.45, 7) is 0.306. The lowest BCUT2D eigenvalue weighted by Gasteiger charge is -2.16. The Morgan fingerprint density at radius 2 is 2.37 bits per heavy atom. The smallest absolute Gasteiger partial charge is 0.167 e. The van der Waals surface area contributed by atoms with Crippen LogP contribution in [0.1, 0.15) is 12.6 Å². The standard InChI is InChI=1S/C10H13N5O3S/c11-8-7-9(13-3-12-8)15(4-14-7)10-6(16)1-5(18-10)2-17-19/h3-6,10,16,19H,1-2H2,(H2,11,12,13)/t5-,6-,10+/m0/s1. The topological polar surface area (TPSA) is 108 Å². The number of aromatic nitrogens is 4. The third-order valence-corrected chi connectivity index (χ3v) is 3.24. The summed E-state index contributed by atoms with van der Waals surface area (Å²) in [6, 6.07) is 0. The molecule has 3 N–H and O–H groups in total. The van der Waals surface area contributed by atoms with Crippen molar-refractivity contribution in [3.8, 4) is 0 Å². The van der Waals surface area contributed by atoms with E-state index in [2.05, 4.69) is 27.9 Å². The lowest BCUT2D eigenvalue weighted by molar-refractivity contribution is -0.0438. The van der Waals surface area contributed by atoms with E-state index in [0.29, 0.717) is 30.0 Å². The molecular formula is C10H13N5O3S. The van der Waals surface area contributed by atoms with E-state index < -0.39 is 12.3 Å². The maximum atomic E-state index is 10.1. The van der Waals surface area contributed by atoms with Crippen molar-refractivity contribution in [3.05, 3.63) is 12.7 Å². The van der Waals surface area contributed by atoms with Crippen molar-refractivity contribution >= 4 is 29.9 Å². The van der Waals surface area contributed by atoms with Crippen LogP contribution in [0.4, 0.5) is 5.82 Å². The molecular weight excluding hydrogens is 270 g/mol. The Labute approximate surface area is 114 Å². The minimum absolute atomic E-state index is 0.214. The summed E-state index contributed by atoms with van der Waals surface area (Å²) >= 11 is 3.68. The van der Waals surface area contributed by atoms with Crippen molar-refractivity contribution in [1.82, 2.24) is 19.5 Å². The highest BCUT2D eigenvalue weighted by Gasteiger charge is 2.36. The van der Waals surface area contributed by atoms with Gasteiger partial charge in [-0.25, -0.2) is 15.0 Å². The van der Waals surface area contributed by atoms with Crippen LogP contribution < -0.4 is 5.73 Å².